The van der Waals surface area contributed by atoms with Gasteiger partial charge in [0.05, 0.1) is 28.6 Å². The van der Waals surface area contributed by atoms with Crippen molar-refractivity contribution in [2.45, 2.75) is 18.9 Å². The van der Waals surface area contributed by atoms with E-state index < -0.39 is 0 Å². The number of thiophene rings is 1. The van der Waals surface area contributed by atoms with Crippen LogP contribution >= 0.6 is 11.3 Å². The Balaban J connectivity index is 1.58. The van der Waals surface area contributed by atoms with Crippen molar-refractivity contribution < 1.29 is 14.6 Å². The third kappa shape index (κ3) is 3.30. The number of amides is 1. The molecule has 3 aromatic rings. The Morgan fingerprint density at radius 3 is 2.96 bits per heavy atom. The van der Waals surface area contributed by atoms with Gasteiger partial charge in [-0.05, 0) is 24.3 Å². The highest BCUT2D eigenvalue weighted by molar-refractivity contribution is 7.17. The molecule has 1 N–H and O–H groups in total. The van der Waals surface area contributed by atoms with Crippen LogP contribution in [-0.2, 0) is 4.79 Å². The first-order valence-electron chi connectivity index (χ1n) is 8.73. The maximum atomic E-state index is 12.5. The number of aliphatic hydroxyl groups is 1. The third-order valence-corrected chi connectivity index (χ3v) is 5.62. The summed E-state index contributed by atoms with van der Waals surface area (Å²) in [7, 11) is 0. The lowest BCUT2D eigenvalue weighted by atomic mass is 10.1. The number of carbonyl (C=O) groups is 1. The van der Waals surface area contributed by atoms with Gasteiger partial charge in [-0.3, -0.25) is 4.79 Å². The first-order valence-corrected chi connectivity index (χ1v) is 9.61. The molecule has 1 aliphatic rings. The lowest BCUT2D eigenvalue weighted by molar-refractivity contribution is -0.134. The van der Waals surface area contributed by atoms with Gasteiger partial charge in [-0.25, -0.2) is 4.98 Å². The summed E-state index contributed by atoms with van der Waals surface area (Å²) in [6.45, 7) is 0.670. The molecule has 134 valence electrons. The lowest BCUT2D eigenvalue weighted by Crippen LogP contribution is -2.40. The summed E-state index contributed by atoms with van der Waals surface area (Å²) < 4.78 is 6.85. The predicted molar refractivity (Wildman–Crippen MR) is 102 cm³/mol. The number of ether oxygens (including phenoxy) is 1. The molecule has 1 saturated heterocycles. The molecule has 0 aliphatic carbocycles. The molecule has 1 unspecified atom stereocenters. The van der Waals surface area contributed by atoms with Gasteiger partial charge < -0.3 is 14.7 Å². The number of aromatic nitrogens is 1. The summed E-state index contributed by atoms with van der Waals surface area (Å²) in [6.07, 6.45) is 1.78. The highest BCUT2D eigenvalue weighted by Crippen LogP contribution is 2.33. The summed E-state index contributed by atoms with van der Waals surface area (Å²) in [5, 5.41) is 11.4. The largest absolute Gasteiger partial charge is 0.482 e. The first kappa shape index (κ1) is 17.0. The Labute approximate surface area is 155 Å². The van der Waals surface area contributed by atoms with E-state index in [-0.39, 0.29) is 25.2 Å². The van der Waals surface area contributed by atoms with Gasteiger partial charge in [-0.2, -0.15) is 0 Å². The van der Waals surface area contributed by atoms with Crippen LogP contribution < -0.4 is 4.74 Å². The van der Waals surface area contributed by atoms with Gasteiger partial charge in [0, 0.05) is 18.2 Å². The fourth-order valence-electron chi connectivity index (χ4n) is 3.37. The van der Waals surface area contributed by atoms with Crippen molar-refractivity contribution in [1.82, 2.24) is 9.88 Å². The van der Waals surface area contributed by atoms with Crippen molar-refractivity contribution in [3.63, 3.8) is 0 Å². The Bertz CT molecular complexity index is 910. The van der Waals surface area contributed by atoms with Gasteiger partial charge in [-0.15, -0.1) is 11.3 Å². The Hall–Kier alpha value is -2.44. The number of fused-ring (bicyclic) bond motifs is 1. The van der Waals surface area contributed by atoms with Crippen LogP contribution in [0.4, 0.5) is 0 Å². The number of pyridine rings is 1. The quantitative estimate of drug-likeness (QED) is 0.750. The second-order valence-electron chi connectivity index (χ2n) is 6.36. The zero-order valence-corrected chi connectivity index (χ0v) is 15.1. The van der Waals surface area contributed by atoms with Crippen LogP contribution in [0.15, 0.2) is 47.8 Å². The molecule has 1 aromatic carbocycles. The minimum Gasteiger partial charge on any atom is -0.482 e. The summed E-state index contributed by atoms with van der Waals surface area (Å²) in [5.41, 5.74) is 2.71. The number of rotatable bonds is 5. The van der Waals surface area contributed by atoms with Crippen molar-refractivity contribution in [3.8, 4) is 17.0 Å². The molecule has 1 atom stereocenters. The number of hydrogen-bond donors (Lipinski definition) is 1. The minimum absolute atomic E-state index is 0.00826. The van der Waals surface area contributed by atoms with E-state index in [0.717, 1.165) is 34.3 Å². The minimum atomic E-state index is -0.0793. The molecular weight excluding hydrogens is 348 g/mol. The number of benzene rings is 1. The maximum Gasteiger partial charge on any atom is 0.260 e. The number of nitrogens with zero attached hydrogens (tertiary/aromatic N) is 2. The molecule has 26 heavy (non-hydrogen) atoms. The fourth-order valence-corrected chi connectivity index (χ4v) is 4.17. The molecule has 1 fully saturated rings. The average Bonchev–Trinajstić information content (AvgIpc) is 3.35. The van der Waals surface area contributed by atoms with E-state index in [9.17, 15) is 9.90 Å². The van der Waals surface area contributed by atoms with E-state index in [1.54, 1.807) is 16.2 Å². The number of likely N-dealkylation sites (tertiary alicyclic amines) is 1. The van der Waals surface area contributed by atoms with Crippen LogP contribution in [0.1, 0.15) is 12.8 Å². The van der Waals surface area contributed by atoms with Crippen LogP contribution in [0.25, 0.3) is 21.5 Å². The standard InChI is InChI=1S/C20H20N2O3S/c23-12-15-7-4-9-22(15)19(24)13-25-18-11-17(14-5-2-1-3-6-14)21-16-8-10-26-20(16)18/h1-3,5-6,8,10-11,15,23H,4,7,9,12-13H2. The first-order chi connectivity index (χ1) is 12.8. The fraction of sp³-hybridized carbons (Fsp3) is 0.300. The van der Waals surface area contributed by atoms with Crippen LogP contribution in [0.2, 0.25) is 0 Å². The highest BCUT2D eigenvalue weighted by atomic mass is 32.1. The topological polar surface area (TPSA) is 62.7 Å². The molecule has 3 heterocycles. The van der Waals surface area contributed by atoms with Crippen molar-refractivity contribution in [2.24, 2.45) is 0 Å². The molecule has 2 aromatic heterocycles. The van der Waals surface area contributed by atoms with Gasteiger partial charge in [0.1, 0.15) is 5.75 Å². The van der Waals surface area contributed by atoms with Gasteiger partial charge in [0.15, 0.2) is 6.61 Å². The summed E-state index contributed by atoms with van der Waals surface area (Å²) in [4.78, 5) is 18.9. The van der Waals surface area contributed by atoms with E-state index >= 15 is 0 Å². The predicted octanol–water partition coefficient (Wildman–Crippen LogP) is 3.33. The van der Waals surface area contributed by atoms with Gasteiger partial charge in [0.25, 0.3) is 5.91 Å². The summed E-state index contributed by atoms with van der Waals surface area (Å²) in [6, 6.07) is 13.7. The molecule has 1 amide bonds. The molecule has 4 rings (SSSR count). The van der Waals surface area contributed by atoms with Crippen LogP contribution in [0.3, 0.4) is 0 Å². The van der Waals surface area contributed by atoms with Gasteiger partial charge >= 0.3 is 0 Å². The van der Waals surface area contributed by atoms with Crippen LogP contribution in [0, 0.1) is 0 Å². The molecular formula is C20H20N2O3S. The third-order valence-electron chi connectivity index (χ3n) is 4.71. The van der Waals surface area contributed by atoms with E-state index in [4.69, 9.17) is 9.72 Å². The summed E-state index contributed by atoms with van der Waals surface area (Å²) >= 11 is 1.55. The lowest BCUT2D eigenvalue weighted by Gasteiger charge is -2.23. The molecule has 0 radical (unpaired) electrons. The zero-order valence-electron chi connectivity index (χ0n) is 14.3. The number of aliphatic hydroxyl groups excluding tert-OH is 1. The van der Waals surface area contributed by atoms with Crippen molar-refractivity contribution in [1.29, 1.82) is 0 Å². The van der Waals surface area contributed by atoms with Crippen molar-refractivity contribution in [2.75, 3.05) is 19.8 Å². The number of carbonyl (C=O) groups excluding carboxylic acids is 1. The average molecular weight is 368 g/mol. The smallest absolute Gasteiger partial charge is 0.260 e. The van der Waals surface area contributed by atoms with E-state index in [0.29, 0.717) is 12.3 Å². The normalized spacial score (nSPS) is 17.0. The van der Waals surface area contributed by atoms with E-state index in [1.165, 1.54) is 0 Å². The monoisotopic (exact) mass is 368 g/mol. The molecule has 6 heteroatoms. The molecule has 0 bridgehead atoms. The molecule has 0 spiro atoms. The van der Waals surface area contributed by atoms with Crippen molar-refractivity contribution in [3.05, 3.63) is 47.8 Å². The highest BCUT2D eigenvalue weighted by Gasteiger charge is 2.28. The number of hydrogen-bond acceptors (Lipinski definition) is 5. The van der Waals surface area contributed by atoms with Crippen LogP contribution in [0.5, 0.6) is 5.75 Å². The zero-order chi connectivity index (χ0) is 17.9. The van der Waals surface area contributed by atoms with Crippen molar-refractivity contribution >= 4 is 27.5 Å². The maximum absolute atomic E-state index is 12.5. The van der Waals surface area contributed by atoms with E-state index in [1.807, 2.05) is 47.8 Å². The Morgan fingerprint density at radius 1 is 1.31 bits per heavy atom. The second-order valence-corrected chi connectivity index (χ2v) is 7.28. The van der Waals surface area contributed by atoms with E-state index in [2.05, 4.69) is 0 Å². The molecule has 5 nitrogen and oxygen atoms in total. The van der Waals surface area contributed by atoms with Gasteiger partial charge in [0.2, 0.25) is 0 Å². The Kier molecular flexibility index (Phi) is 4.86. The SMILES string of the molecule is O=C(COc1cc(-c2ccccc2)nc2ccsc12)N1CCCC1CO. The molecule has 1 aliphatic heterocycles. The van der Waals surface area contributed by atoms with Crippen LogP contribution in [-0.4, -0.2) is 46.7 Å². The Morgan fingerprint density at radius 2 is 2.15 bits per heavy atom. The summed E-state index contributed by atoms with van der Waals surface area (Å²) in [5.74, 6) is 0.598. The molecule has 0 saturated carbocycles. The van der Waals surface area contributed by atoms with Gasteiger partial charge in [-0.1, -0.05) is 30.3 Å². The second kappa shape index (κ2) is 7.43.